The Balaban J connectivity index is 1.70. The summed E-state index contributed by atoms with van der Waals surface area (Å²) in [5.74, 6) is 1.88. The highest BCUT2D eigenvalue weighted by Gasteiger charge is 2.19. The fraction of sp³-hybridized carbons (Fsp3) is 0.500. The Labute approximate surface area is 129 Å². The Morgan fingerprint density at radius 2 is 2.24 bits per heavy atom. The van der Waals surface area contributed by atoms with Crippen LogP contribution >= 0.6 is 11.6 Å². The molecule has 6 nitrogen and oxygen atoms in total. The van der Waals surface area contributed by atoms with Crippen LogP contribution in [0.4, 0.5) is 5.82 Å². The maximum Gasteiger partial charge on any atom is 0.147 e. The lowest BCUT2D eigenvalue weighted by Crippen LogP contribution is -2.33. The van der Waals surface area contributed by atoms with E-state index in [-0.39, 0.29) is 0 Å². The van der Waals surface area contributed by atoms with E-state index in [1.54, 1.807) is 6.33 Å². The van der Waals surface area contributed by atoms with Gasteiger partial charge in [0.1, 0.15) is 18.0 Å². The summed E-state index contributed by atoms with van der Waals surface area (Å²) in [4.78, 5) is 6.91. The number of halogens is 1. The third-order valence-electron chi connectivity index (χ3n) is 3.57. The molecule has 0 aliphatic carbocycles. The van der Waals surface area contributed by atoms with Gasteiger partial charge in [-0.05, 0) is 18.6 Å². The van der Waals surface area contributed by atoms with Crippen LogP contribution in [-0.2, 0) is 19.6 Å². The Hall–Kier alpha value is -1.66. The Kier molecular flexibility index (Phi) is 4.36. The summed E-state index contributed by atoms with van der Waals surface area (Å²) >= 11 is 6.28. The molecule has 0 bridgehead atoms. The molecule has 1 aliphatic heterocycles. The number of nitrogens with one attached hydrogen (secondary N) is 1. The predicted molar refractivity (Wildman–Crippen MR) is 82.2 cm³/mol. The molecular weight excluding hydrogens is 288 g/mol. The number of hydrogen-bond donors (Lipinski definition) is 1. The van der Waals surface area contributed by atoms with Crippen molar-refractivity contribution >= 4 is 17.4 Å². The molecule has 2 aromatic heterocycles. The highest BCUT2D eigenvalue weighted by molar-refractivity contribution is 6.31. The molecular formula is C14H19ClN6. The summed E-state index contributed by atoms with van der Waals surface area (Å²) in [6, 6.07) is 3.84. The largest absolute Gasteiger partial charge is 0.370 e. The van der Waals surface area contributed by atoms with Crippen LogP contribution in [0.25, 0.3) is 0 Å². The summed E-state index contributed by atoms with van der Waals surface area (Å²) < 4.78 is 2.09. The van der Waals surface area contributed by atoms with Crippen LogP contribution in [0, 0.1) is 0 Å². The molecule has 3 rings (SSSR count). The van der Waals surface area contributed by atoms with Crippen LogP contribution in [0.2, 0.25) is 5.02 Å². The molecule has 0 spiro atoms. The number of nitrogens with zero attached hydrogens (tertiary/aromatic N) is 5. The highest BCUT2D eigenvalue weighted by atomic mass is 35.5. The van der Waals surface area contributed by atoms with E-state index in [2.05, 4.69) is 36.9 Å². The summed E-state index contributed by atoms with van der Waals surface area (Å²) in [5, 5.41) is 12.1. The molecule has 0 unspecified atom stereocenters. The van der Waals surface area contributed by atoms with Gasteiger partial charge >= 0.3 is 0 Å². The van der Waals surface area contributed by atoms with Crippen LogP contribution in [0.3, 0.4) is 0 Å². The topological polar surface area (TPSA) is 58.9 Å². The molecule has 112 valence electrons. The van der Waals surface area contributed by atoms with Crippen molar-refractivity contribution in [3.8, 4) is 0 Å². The maximum atomic E-state index is 6.28. The standard InChI is InChI=1S/C14H19ClN6/c1-2-5-16-13-4-3-11(15)12(18-13)8-20-6-7-21-10-17-19-14(21)9-20/h3-4,10H,2,5-9H2,1H3,(H,16,18). The van der Waals surface area contributed by atoms with E-state index in [0.29, 0.717) is 5.02 Å². The lowest BCUT2D eigenvalue weighted by molar-refractivity contribution is 0.206. The second-order valence-electron chi connectivity index (χ2n) is 5.20. The van der Waals surface area contributed by atoms with Crippen molar-refractivity contribution in [1.29, 1.82) is 0 Å². The molecule has 3 heterocycles. The van der Waals surface area contributed by atoms with Gasteiger partial charge in [0.25, 0.3) is 0 Å². The van der Waals surface area contributed by atoms with Crippen LogP contribution < -0.4 is 5.32 Å². The monoisotopic (exact) mass is 306 g/mol. The zero-order valence-corrected chi connectivity index (χ0v) is 12.8. The zero-order valence-electron chi connectivity index (χ0n) is 12.1. The number of anilines is 1. The van der Waals surface area contributed by atoms with Gasteiger partial charge in [-0.25, -0.2) is 4.98 Å². The molecule has 21 heavy (non-hydrogen) atoms. The van der Waals surface area contributed by atoms with Crippen LogP contribution in [0.5, 0.6) is 0 Å². The second-order valence-corrected chi connectivity index (χ2v) is 5.61. The third-order valence-corrected chi connectivity index (χ3v) is 3.91. The Bertz CT molecular complexity index is 611. The SMILES string of the molecule is CCCNc1ccc(Cl)c(CN2CCn3cnnc3C2)n1. The second kappa shape index (κ2) is 6.41. The van der Waals surface area contributed by atoms with Gasteiger partial charge in [0.15, 0.2) is 0 Å². The van der Waals surface area contributed by atoms with Crippen molar-refractivity contribution in [2.45, 2.75) is 33.0 Å². The quantitative estimate of drug-likeness (QED) is 0.917. The van der Waals surface area contributed by atoms with Gasteiger partial charge in [-0.2, -0.15) is 0 Å². The predicted octanol–water partition coefficient (Wildman–Crippen LogP) is 2.16. The Morgan fingerprint density at radius 3 is 3.10 bits per heavy atom. The minimum atomic E-state index is 0.712. The number of hydrogen-bond acceptors (Lipinski definition) is 5. The number of pyridine rings is 1. The number of aromatic nitrogens is 4. The molecule has 0 amide bonds. The van der Waals surface area contributed by atoms with Crippen molar-refractivity contribution < 1.29 is 0 Å². The number of rotatable bonds is 5. The van der Waals surface area contributed by atoms with Crippen molar-refractivity contribution in [2.24, 2.45) is 0 Å². The van der Waals surface area contributed by atoms with Crippen LogP contribution in [0.1, 0.15) is 24.9 Å². The molecule has 0 aromatic carbocycles. The fourth-order valence-corrected chi connectivity index (χ4v) is 2.57. The molecule has 1 N–H and O–H groups in total. The third kappa shape index (κ3) is 3.33. The average Bonchev–Trinajstić information content (AvgIpc) is 2.95. The molecule has 0 saturated carbocycles. The van der Waals surface area contributed by atoms with Gasteiger partial charge in [0.2, 0.25) is 0 Å². The molecule has 7 heteroatoms. The molecule has 0 atom stereocenters. The normalized spacial score (nSPS) is 15.0. The van der Waals surface area contributed by atoms with Gasteiger partial charge in [0.05, 0.1) is 17.3 Å². The molecule has 0 radical (unpaired) electrons. The zero-order chi connectivity index (χ0) is 14.7. The molecule has 0 saturated heterocycles. The van der Waals surface area contributed by atoms with E-state index < -0.39 is 0 Å². The summed E-state index contributed by atoms with van der Waals surface area (Å²) in [6.07, 6.45) is 2.86. The first-order valence-electron chi connectivity index (χ1n) is 7.24. The van der Waals surface area contributed by atoms with Crippen molar-refractivity contribution in [1.82, 2.24) is 24.6 Å². The van der Waals surface area contributed by atoms with E-state index in [0.717, 1.165) is 56.5 Å². The molecule has 2 aromatic rings. The van der Waals surface area contributed by atoms with E-state index in [9.17, 15) is 0 Å². The van der Waals surface area contributed by atoms with E-state index in [4.69, 9.17) is 11.6 Å². The van der Waals surface area contributed by atoms with E-state index in [1.165, 1.54) is 0 Å². The van der Waals surface area contributed by atoms with Gasteiger partial charge in [-0.1, -0.05) is 18.5 Å². The van der Waals surface area contributed by atoms with Crippen molar-refractivity contribution in [2.75, 3.05) is 18.4 Å². The van der Waals surface area contributed by atoms with Crippen LogP contribution in [0.15, 0.2) is 18.5 Å². The minimum absolute atomic E-state index is 0.712. The van der Waals surface area contributed by atoms with Crippen molar-refractivity contribution in [3.05, 3.63) is 35.0 Å². The van der Waals surface area contributed by atoms with E-state index in [1.807, 2.05) is 12.1 Å². The Morgan fingerprint density at radius 1 is 1.33 bits per heavy atom. The molecule has 0 fully saturated rings. The minimum Gasteiger partial charge on any atom is -0.370 e. The summed E-state index contributed by atoms with van der Waals surface area (Å²) in [5.41, 5.74) is 0.908. The first kappa shape index (κ1) is 14.3. The van der Waals surface area contributed by atoms with Gasteiger partial charge in [0, 0.05) is 26.2 Å². The first-order valence-corrected chi connectivity index (χ1v) is 7.62. The summed E-state index contributed by atoms with van der Waals surface area (Å²) in [7, 11) is 0. The average molecular weight is 307 g/mol. The number of fused-ring (bicyclic) bond motifs is 1. The van der Waals surface area contributed by atoms with Gasteiger partial charge < -0.3 is 9.88 Å². The lowest BCUT2D eigenvalue weighted by atomic mass is 10.3. The van der Waals surface area contributed by atoms with Gasteiger partial charge in [-0.15, -0.1) is 10.2 Å². The van der Waals surface area contributed by atoms with Crippen LogP contribution in [-0.4, -0.2) is 37.7 Å². The summed E-state index contributed by atoms with van der Waals surface area (Å²) in [6.45, 7) is 6.43. The van der Waals surface area contributed by atoms with E-state index >= 15 is 0 Å². The van der Waals surface area contributed by atoms with Crippen molar-refractivity contribution in [3.63, 3.8) is 0 Å². The lowest BCUT2D eigenvalue weighted by Gasteiger charge is -2.26. The maximum absolute atomic E-state index is 6.28. The first-order chi connectivity index (χ1) is 10.3. The fourth-order valence-electron chi connectivity index (χ4n) is 2.41. The smallest absolute Gasteiger partial charge is 0.147 e. The highest BCUT2D eigenvalue weighted by Crippen LogP contribution is 2.20. The molecule has 1 aliphatic rings. The van der Waals surface area contributed by atoms with Gasteiger partial charge in [-0.3, -0.25) is 4.90 Å².